The van der Waals surface area contributed by atoms with E-state index in [0.29, 0.717) is 13.2 Å². The van der Waals surface area contributed by atoms with Gasteiger partial charge in [0, 0.05) is 5.56 Å². The number of nitriles is 1. The first kappa shape index (κ1) is 16.8. The van der Waals surface area contributed by atoms with Crippen LogP contribution in [0.5, 0.6) is 5.75 Å². The molecule has 23 heavy (non-hydrogen) atoms. The zero-order valence-corrected chi connectivity index (χ0v) is 13.5. The molecule has 0 saturated carbocycles. The monoisotopic (exact) mass is 310 g/mol. The molecule has 2 aromatic rings. The molecule has 0 aliphatic rings. The standard InChI is InChI=1S/C18H22N4O/c1-3-5-10-18(12-19,13-22-15-20-14-21-22)16-8-6-7-9-17(16)23-11-4-2/h4,6-9,14-15H,2-3,5,10-11,13H2,1H3. The van der Waals surface area contributed by atoms with E-state index in [1.54, 1.807) is 17.1 Å². The van der Waals surface area contributed by atoms with Gasteiger partial charge in [-0.3, -0.25) is 4.68 Å². The van der Waals surface area contributed by atoms with E-state index >= 15 is 0 Å². The minimum atomic E-state index is -0.693. The molecular weight excluding hydrogens is 288 g/mol. The van der Waals surface area contributed by atoms with Crippen molar-refractivity contribution in [3.63, 3.8) is 0 Å². The summed E-state index contributed by atoms with van der Waals surface area (Å²) in [4.78, 5) is 3.98. The molecule has 120 valence electrons. The Morgan fingerprint density at radius 3 is 2.91 bits per heavy atom. The number of ether oxygens (including phenoxy) is 1. The summed E-state index contributed by atoms with van der Waals surface area (Å²) in [6, 6.07) is 10.3. The molecule has 1 aromatic carbocycles. The lowest BCUT2D eigenvalue weighted by atomic mass is 9.77. The third-order valence-corrected chi connectivity index (χ3v) is 3.83. The highest BCUT2D eigenvalue weighted by molar-refractivity contribution is 5.43. The molecular formula is C18H22N4O. The second kappa shape index (κ2) is 8.14. The van der Waals surface area contributed by atoms with Crippen LogP contribution in [0.4, 0.5) is 0 Å². The molecule has 0 fully saturated rings. The van der Waals surface area contributed by atoms with Gasteiger partial charge < -0.3 is 4.74 Å². The van der Waals surface area contributed by atoms with Gasteiger partial charge in [-0.15, -0.1) is 0 Å². The molecule has 0 bridgehead atoms. The van der Waals surface area contributed by atoms with Gasteiger partial charge in [-0.05, 0) is 12.5 Å². The molecule has 1 heterocycles. The van der Waals surface area contributed by atoms with Crippen molar-refractivity contribution < 1.29 is 4.74 Å². The Balaban J connectivity index is 2.43. The molecule has 1 unspecified atom stereocenters. The van der Waals surface area contributed by atoms with E-state index in [0.717, 1.165) is 30.6 Å². The molecule has 1 aromatic heterocycles. The average Bonchev–Trinajstić information content (AvgIpc) is 3.10. The van der Waals surface area contributed by atoms with Gasteiger partial charge in [0.05, 0.1) is 12.6 Å². The Labute approximate surface area is 137 Å². The Hall–Kier alpha value is -2.61. The van der Waals surface area contributed by atoms with Crippen molar-refractivity contribution >= 4 is 0 Å². The SMILES string of the molecule is C=CCOc1ccccc1C(C#N)(CCCC)Cn1cncn1. The van der Waals surface area contributed by atoms with Crippen molar-refractivity contribution in [3.05, 3.63) is 55.1 Å². The molecule has 5 nitrogen and oxygen atoms in total. The third kappa shape index (κ3) is 3.98. The molecule has 0 aliphatic heterocycles. The number of para-hydroxylation sites is 1. The minimum absolute atomic E-state index is 0.412. The molecule has 1 atom stereocenters. The van der Waals surface area contributed by atoms with Crippen molar-refractivity contribution in [1.29, 1.82) is 5.26 Å². The van der Waals surface area contributed by atoms with Gasteiger partial charge in [0.1, 0.15) is 30.4 Å². The Morgan fingerprint density at radius 2 is 2.26 bits per heavy atom. The van der Waals surface area contributed by atoms with Crippen LogP contribution in [0.25, 0.3) is 0 Å². The molecule has 0 saturated heterocycles. The maximum absolute atomic E-state index is 10.0. The molecule has 0 radical (unpaired) electrons. The van der Waals surface area contributed by atoms with Crippen molar-refractivity contribution in [2.45, 2.75) is 38.1 Å². The van der Waals surface area contributed by atoms with Crippen molar-refractivity contribution in [2.75, 3.05) is 6.61 Å². The van der Waals surface area contributed by atoms with E-state index in [4.69, 9.17) is 4.74 Å². The van der Waals surface area contributed by atoms with Crippen molar-refractivity contribution in [3.8, 4) is 11.8 Å². The normalized spacial score (nSPS) is 13.0. The molecule has 5 heteroatoms. The van der Waals surface area contributed by atoms with Gasteiger partial charge in [-0.1, -0.05) is 50.6 Å². The lowest BCUT2D eigenvalue weighted by molar-refractivity contribution is 0.332. The van der Waals surface area contributed by atoms with Gasteiger partial charge in [-0.2, -0.15) is 10.4 Å². The average molecular weight is 310 g/mol. The Bertz CT molecular complexity index is 660. The number of unbranched alkanes of at least 4 members (excludes halogenated alkanes) is 1. The van der Waals surface area contributed by atoms with Crippen LogP contribution in [0.2, 0.25) is 0 Å². The quantitative estimate of drug-likeness (QED) is 0.665. The van der Waals surface area contributed by atoms with Crippen molar-refractivity contribution in [1.82, 2.24) is 14.8 Å². The lowest BCUT2D eigenvalue weighted by Crippen LogP contribution is -2.31. The van der Waals surface area contributed by atoms with Gasteiger partial charge >= 0.3 is 0 Å². The molecule has 0 aliphatic carbocycles. The van der Waals surface area contributed by atoms with E-state index in [-0.39, 0.29) is 0 Å². The molecule has 0 amide bonds. The van der Waals surface area contributed by atoms with Crippen LogP contribution in [0.1, 0.15) is 31.7 Å². The van der Waals surface area contributed by atoms with Crippen LogP contribution in [0.3, 0.4) is 0 Å². The zero-order chi connectivity index (χ0) is 16.5. The van der Waals surface area contributed by atoms with Gasteiger partial charge in [0.2, 0.25) is 0 Å². The second-order valence-corrected chi connectivity index (χ2v) is 5.49. The van der Waals surface area contributed by atoms with Gasteiger partial charge in [-0.25, -0.2) is 4.98 Å². The summed E-state index contributed by atoms with van der Waals surface area (Å²) in [6.45, 7) is 6.68. The maximum atomic E-state index is 10.0. The molecule has 0 N–H and O–H groups in total. The van der Waals surface area contributed by atoms with Crippen LogP contribution in [0, 0.1) is 11.3 Å². The lowest BCUT2D eigenvalue weighted by Gasteiger charge is -2.28. The fraction of sp³-hybridized carbons (Fsp3) is 0.389. The predicted octanol–water partition coefficient (Wildman–Crippen LogP) is 3.49. The summed E-state index contributed by atoms with van der Waals surface area (Å²) >= 11 is 0. The highest BCUT2D eigenvalue weighted by Crippen LogP contribution is 2.37. The third-order valence-electron chi connectivity index (χ3n) is 3.83. The van der Waals surface area contributed by atoms with Crippen molar-refractivity contribution in [2.24, 2.45) is 0 Å². The van der Waals surface area contributed by atoms with Crippen LogP contribution < -0.4 is 4.74 Å². The van der Waals surface area contributed by atoms with Gasteiger partial charge in [0.15, 0.2) is 0 Å². The van der Waals surface area contributed by atoms with E-state index in [9.17, 15) is 5.26 Å². The van der Waals surface area contributed by atoms with Gasteiger partial charge in [0.25, 0.3) is 0 Å². The summed E-state index contributed by atoms with van der Waals surface area (Å²) in [7, 11) is 0. The summed E-state index contributed by atoms with van der Waals surface area (Å²) < 4.78 is 7.49. The van der Waals surface area contributed by atoms with Crippen LogP contribution in [0.15, 0.2) is 49.6 Å². The number of aromatic nitrogens is 3. The molecule has 0 spiro atoms. The van der Waals surface area contributed by atoms with E-state index < -0.39 is 5.41 Å². The highest BCUT2D eigenvalue weighted by Gasteiger charge is 2.35. The largest absolute Gasteiger partial charge is 0.489 e. The summed E-state index contributed by atoms with van der Waals surface area (Å²) in [5, 5.41) is 14.2. The fourth-order valence-electron chi connectivity index (χ4n) is 2.66. The van der Waals surface area contributed by atoms with Crippen LogP contribution in [-0.4, -0.2) is 21.4 Å². The smallest absolute Gasteiger partial charge is 0.137 e. The molecule has 2 rings (SSSR count). The highest BCUT2D eigenvalue weighted by atomic mass is 16.5. The van der Waals surface area contributed by atoms with E-state index in [1.807, 2.05) is 24.3 Å². The number of rotatable bonds is 9. The predicted molar refractivity (Wildman–Crippen MR) is 89.0 cm³/mol. The second-order valence-electron chi connectivity index (χ2n) is 5.49. The number of benzene rings is 1. The summed E-state index contributed by atoms with van der Waals surface area (Å²) in [5.74, 6) is 0.727. The topological polar surface area (TPSA) is 63.7 Å². The first-order valence-electron chi connectivity index (χ1n) is 7.82. The minimum Gasteiger partial charge on any atom is -0.489 e. The first-order chi connectivity index (χ1) is 11.3. The maximum Gasteiger partial charge on any atom is 0.137 e. The summed E-state index contributed by atoms with van der Waals surface area (Å²) in [5.41, 5.74) is 0.204. The first-order valence-corrected chi connectivity index (χ1v) is 7.82. The van der Waals surface area contributed by atoms with Crippen LogP contribution >= 0.6 is 0 Å². The van der Waals surface area contributed by atoms with Crippen LogP contribution in [-0.2, 0) is 12.0 Å². The fourth-order valence-corrected chi connectivity index (χ4v) is 2.66. The number of nitrogens with zero attached hydrogens (tertiary/aromatic N) is 4. The zero-order valence-electron chi connectivity index (χ0n) is 13.5. The Morgan fingerprint density at radius 1 is 1.43 bits per heavy atom. The Kier molecular flexibility index (Phi) is 5.93. The van der Waals surface area contributed by atoms with E-state index in [2.05, 4.69) is 29.7 Å². The summed E-state index contributed by atoms with van der Waals surface area (Å²) in [6.07, 6.45) is 7.56. The number of hydrogen-bond acceptors (Lipinski definition) is 4. The van der Waals surface area contributed by atoms with E-state index in [1.165, 1.54) is 6.33 Å². The number of hydrogen-bond donors (Lipinski definition) is 0.